The largest absolute Gasteiger partial charge is 0.349 e. The summed E-state index contributed by atoms with van der Waals surface area (Å²) in [7, 11) is 0. The second-order valence-corrected chi connectivity index (χ2v) is 7.30. The number of nitrogens with zero attached hydrogens (tertiary/aromatic N) is 3. The Labute approximate surface area is 155 Å². The molecule has 3 aromatic rings. The highest BCUT2D eigenvalue weighted by molar-refractivity contribution is 7.98. The lowest BCUT2D eigenvalue weighted by Crippen LogP contribution is -2.27. The lowest BCUT2D eigenvalue weighted by atomic mass is 10.2. The molecule has 0 saturated carbocycles. The third kappa shape index (κ3) is 3.55. The number of hydrogen-bond acceptors (Lipinski definition) is 4. The van der Waals surface area contributed by atoms with E-state index in [0.717, 1.165) is 41.1 Å². The molecule has 26 heavy (non-hydrogen) atoms. The van der Waals surface area contributed by atoms with Crippen LogP contribution in [0.15, 0.2) is 58.6 Å². The van der Waals surface area contributed by atoms with Crippen LogP contribution >= 0.6 is 11.8 Å². The number of thioether (sulfide) groups is 1. The molecule has 0 atom stereocenters. The van der Waals surface area contributed by atoms with Crippen molar-refractivity contribution in [3.05, 3.63) is 87.5 Å². The highest BCUT2D eigenvalue weighted by Gasteiger charge is 2.22. The molecule has 0 bridgehead atoms. The molecule has 0 radical (unpaired) electrons. The van der Waals surface area contributed by atoms with Crippen LogP contribution in [0.1, 0.15) is 28.8 Å². The molecule has 132 valence electrons. The van der Waals surface area contributed by atoms with Gasteiger partial charge in [0, 0.05) is 29.4 Å². The van der Waals surface area contributed by atoms with E-state index in [-0.39, 0.29) is 11.5 Å². The maximum absolute atomic E-state index is 13.0. The number of hydrogen-bond donors (Lipinski definition) is 0. The molecule has 0 unspecified atom stereocenters. The van der Waals surface area contributed by atoms with E-state index < -0.39 is 0 Å². The Balaban J connectivity index is 1.61. The van der Waals surface area contributed by atoms with Gasteiger partial charge in [-0.05, 0) is 54.7 Å². The summed E-state index contributed by atoms with van der Waals surface area (Å²) in [4.78, 5) is 21.0. The van der Waals surface area contributed by atoms with Crippen molar-refractivity contribution < 1.29 is 4.39 Å². The molecule has 1 aromatic carbocycles. The lowest BCUT2D eigenvalue weighted by Gasteiger charge is -2.14. The molecule has 2 heterocycles. The Bertz CT molecular complexity index is 971. The predicted molar refractivity (Wildman–Crippen MR) is 99.8 cm³/mol. The van der Waals surface area contributed by atoms with Gasteiger partial charge in [-0.1, -0.05) is 12.1 Å². The van der Waals surface area contributed by atoms with E-state index in [1.807, 2.05) is 12.1 Å². The minimum Gasteiger partial charge on any atom is -0.292 e. The van der Waals surface area contributed by atoms with Gasteiger partial charge in [-0.25, -0.2) is 9.18 Å². The normalized spacial score (nSPS) is 13.0. The van der Waals surface area contributed by atoms with Crippen molar-refractivity contribution in [3.63, 3.8) is 0 Å². The average molecular weight is 367 g/mol. The van der Waals surface area contributed by atoms with Crippen molar-refractivity contribution in [2.45, 2.75) is 36.6 Å². The van der Waals surface area contributed by atoms with Gasteiger partial charge in [0.1, 0.15) is 10.8 Å². The Morgan fingerprint density at radius 2 is 1.81 bits per heavy atom. The maximum atomic E-state index is 13.0. The Hall–Kier alpha value is -2.47. The van der Waals surface area contributed by atoms with Crippen molar-refractivity contribution in [1.29, 1.82) is 0 Å². The maximum Gasteiger partial charge on any atom is 0.349 e. The zero-order chi connectivity index (χ0) is 17.9. The molecule has 0 N–H and O–H groups in total. The van der Waals surface area contributed by atoms with E-state index in [2.05, 4.69) is 9.97 Å². The van der Waals surface area contributed by atoms with E-state index in [1.54, 1.807) is 40.9 Å². The molecule has 0 saturated heterocycles. The summed E-state index contributed by atoms with van der Waals surface area (Å²) in [5.41, 5.74) is 4.15. The summed E-state index contributed by atoms with van der Waals surface area (Å²) in [5.74, 6) is 0.435. The third-order valence-electron chi connectivity index (χ3n) is 4.58. The van der Waals surface area contributed by atoms with Gasteiger partial charge < -0.3 is 0 Å². The van der Waals surface area contributed by atoms with Gasteiger partial charge in [0.25, 0.3) is 0 Å². The monoisotopic (exact) mass is 367 g/mol. The first-order valence-corrected chi connectivity index (χ1v) is 9.58. The molecular weight excluding hydrogens is 349 g/mol. The quantitative estimate of drug-likeness (QED) is 0.511. The molecule has 6 heteroatoms. The fraction of sp³-hybridized carbons (Fsp3) is 0.250. The topological polar surface area (TPSA) is 47.8 Å². The van der Waals surface area contributed by atoms with Gasteiger partial charge in [-0.2, -0.15) is 4.98 Å². The minimum atomic E-state index is -0.239. The minimum absolute atomic E-state index is 0.205. The van der Waals surface area contributed by atoms with E-state index in [4.69, 9.17) is 0 Å². The summed E-state index contributed by atoms with van der Waals surface area (Å²) in [6, 6.07) is 10.3. The molecule has 0 amide bonds. The first-order chi connectivity index (χ1) is 12.7. The number of aromatic nitrogens is 3. The van der Waals surface area contributed by atoms with Crippen molar-refractivity contribution in [3.8, 4) is 0 Å². The van der Waals surface area contributed by atoms with Crippen LogP contribution in [0.25, 0.3) is 0 Å². The van der Waals surface area contributed by atoms with E-state index in [1.165, 1.54) is 17.7 Å². The summed E-state index contributed by atoms with van der Waals surface area (Å²) < 4.78 is 14.8. The zero-order valence-corrected chi connectivity index (χ0v) is 15.0. The number of rotatable bonds is 5. The summed E-state index contributed by atoms with van der Waals surface area (Å²) >= 11 is 1.56. The smallest absolute Gasteiger partial charge is 0.292 e. The average Bonchev–Trinajstić information content (AvgIpc) is 3.15. The molecule has 4 nitrogen and oxygen atoms in total. The van der Waals surface area contributed by atoms with Gasteiger partial charge in [0.05, 0.1) is 6.54 Å². The van der Waals surface area contributed by atoms with Gasteiger partial charge in [-0.15, -0.1) is 11.8 Å². The van der Waals surface area contributed by atoms with E-state index in [0.29, 0.717) is 12.3 Å². The van der Waals surface area contributed by atoms with Gasteiger partial charge >= 0.3 is 5.69 Å². The highest BCUT2D eigenvalue weighted by Crippen LogP contribution is 2.31. The van der Waals surface area contributed by atoms with Crippen LogP contribution in [0.2, 0.25) is 0 Å². The summed E-state index contributed by atoms with van der Waals surface area (Å²) in [5, 5.41) is 0.817. The standard InChI is InChI=1S/C20H18FN3OS/c21-16-6-4-15(5-7-16)13-26-19-17-2-1-3-18(17)24(20(25)23-19)12-14-8-10-22-11-9-14/h4-11H,1-3,12-13H2. The Morgan fingerprint density at radius 1 is 1.04 bits per heavy atom. The fourth-order valence-corrected chi connectivity index (χ4v) is 4.30. The van der Waals surface area contributed by atoms with Gasteiger partial charge in [0.2, 0.25) is 0 Å². The molecule has 1 aliphatic rings. The molecular formula is C20H18FN3OS. The van der Waals surface area contributed by atoms with Crippen molar-refractivity contribution >= 4 is 11.8 Å². The fourth-order valence-electron chi connectivity index (χ4n) is 3.27. The van der Waals surface area contributed by atoms with Crippen LogP contribution in [-0.2, 0) is 25.1 Å². The summed E-state index contributed by atoms with van der Waals surface area (Å²) in [6.45, 7) is 0.527. The number of halogens is 1. The first-order valence-electron chi connectivity index (χ1n) is 8.59. The Morgan fingerprint density at radius 3 is 2.58 bits per heavy atom. The number of pyridine rings is 1. The molecule has 0 spiro atoms. The predicted octanol–water partition coefficient (Wildman–Crippen LogP) is 3.61. The van der Waals surface area contributed by atoms with E-state index in [9.17, 15) is 9.18 Å². The molecule has 2 aromatic heterocycles. The van der Waals surface area contributed by atoms with Crippen LogP contribution in [0.4, 0.5) is 4.39 Å². The first kappa shape index (κ1) is 17.0. The molecule has 4 rings (SSSR count). The third-order valence-corrected chi connectivity index (χ3v) is 5.67. The van der Waals surface area contributed by atoms with Crippen LogP contribution < -0.4 is 5.69 Å². The van der Waals surface area contributed by atoms with E-state index >= 15 is 0 Å². The van der Waals surface area contributed by atoms with Crippen LogP contribution in [0.5, 0.6) is 0 Å². The van der Waals surface area contributed by atoms with Gasteiger partial charge in [0.15, 0.2) is 0 Å². The van der Waals surface area contributed by atoms with Crippen molar-refractivity contribution in [1.82, 2.24) is 14.5 Å². The second-order valence-electron chi connectivity index (χ2n) is 6.34. The summed E-state index contributed by atoms with van der Waals surface area (Å²) in [6.07, 6.45) is 6.37. The highest BCUT2D eigenvalue weighted by atomic mass is 32.2. The second kappa shape index (κ2) is 7.41. The Kier molecular flexibility index (Phi) is 4.84. The lowest BCUT2D eigenvalue weighted by molar-refractivity contribution is 0.627. The molecule has 0 aliphatic heterocycles. The van der Waals surface area contributed by atoms with Gasteiger partial charge in [-0.3, -0.25) is 9.55 Å². The molecule has 0 fully saturated rings. The van der Waals surface area contributed by atoms with Crippen molar-refractivity contribution in [2.75, 3.05) is 0 Å². The SMILES string of the molecule is O=c1nc(SCc2ccc(F)cc2)c2c(n1Cc1ccncc1)CCC2. The number of benzene rings is 1. The molecule has 1 aliphatic carbocycles. The van der Waals surface area contributed by atoms with Crippen LogP contribution in [0, 0.1) is 5.82 Å². The van der Waals surface area contributed by atoms with Crippen molar-refractivity contribution in [2.24, 2.45) is 0 Å². The van der Waals surface area contributed by atoms with Crippen LogP contribution in [-0.4, -0.2) is 14.5 Å². The van der Waals surface area contributed by atoms with Crippen LogP contribution in [0.3, 0.4) is 0 Å². The number of fused-ring (bicyclic) bond motifs is 1. The zero-order valence-electron chi connectivity index (χ0n) is 14.2.